The van der Waals surface area contributed by atoms with Gasteiger partial charge in [-0.25, -0.2) is 4.79 Å². The summed E-state index contributed by atoms with van der Waals surface area (Å²) in [5.74, 6) is -0.914. The number of carboxylic acids is 1. The third-order valence-electron chi connectivity index (χ3n) is 3.13. The molecule has 2 rings (SSSR count). The van der Waals surface area contributed by atoms with E-state index in [1.165, 1.54) is 0 Å². The maximum Gasteiger partial charge on any atom is 0.337 e. The molecule has 0 aliphatic heterocycles. The number of benzene rings is 2. The highest BCUT2D eigenvalue weighted by molar-refractivity contribution is 6.30. The number of nitrogens with one attached hydrogen (secondary N) is 1. The summed E-state index contributed by atoms with van der Waals surface area (Å²) in [6.07, 6.45) is 0.810. The highest BCUT2D eigenvalue weighted by Gasteiger charge is 2.11. The molecular formula is C16H16ClNO2. The Labute approximate surface area is 123 Å². The molecule has 0 aromatic heterocycles. The van der Waals surface area contributed by atoms with E-state index < -0.39 is 5.97 Å². The van der Waals surface area contributed by atoms with Crippen LogP contribution >= 0.6 is 11.6 Å². The van der Waals surface area contributed by atoms with Gasteiger partial charge in [-0.2, -0.15) is 0 Å². The maximum absolute atomic E-state index is 11.2. The van der Waals surface area contributed by atoms with Crippen molar-refractivity contribution in [3.63, 3.8) is 0 Å². The standard InChI is InChI=1S/C16H16ClNO2/c1-11-3-2-4-14(16(19)20)15(11)18-10-9-12-5-7-13(17)8-6-12/h2-8,18H,9-10H2,1H3,(H,19,20). The Hall–Kier alpha value is -2.00. The molecule has 0 heterocycles. The fourth-order valence-corrected chi connectivity index (χ4v) is 2.19. The molecule has 0 bridgehead atoms. The molecule has 0 fully saturated rings. The number of hydrogen-bond acceptors (Lipinski definition) is 2. The Morgan fingerprint density at radius 1 is 1.20 bits per heavy atom. The normalized spacial score (nSPS) is 10.3. The van der Waals surface area contributed by atoms with Gasteiger partial charge in [-0.05, 0) is 42.7 Å². The van der Waals surface area contributed by atoms with Gasteiger partial charge < -0.3 is 10.4 Å². The topological polar surface area (TPSA) is 49.3 Å². The number of aromatic carboxylic acids is 1. The second-order valence-corrected chi connectivity index (χ2v) is 5.04. The van der Waals surface area contributed by atoms with Crippen molar-refractivity contribution in [2.45, 2.75) is 13.3 Å². The van der Waals surface area contributed by atoms with Crippen LogP contribution in [0.15, 0.2) is 42.5 Å². The van der Waals surface area contributed by atoms with Gasteiger partial charge in [0, 0.05) is 11.6 Å². The van der Waals surface area contributed by atoms with E-state index in [0.29, 0.717) is 22.8 Å². The first-order valence-electron chi connectivity index (χ1n) is 6.39. The fourth-order valence-electron chi connectivity index (χ4n) is 2.06. The number of para-hydroxylation sites is 1. The van der Waals surface area contributed by atoms with Crippen LogP contribution in [0, 0.1) is 6.92 Å². The molecule has 0 aliphatic rings. The van der Waals surface area contributed by atoms with Crippen LogP contribution in [0.4, 0.5) is 5.69 Å². The zero-order chi connectivity index (χ0) is 14.5. The lowest BCUT2D eigenvalue weighted by Gasteiger charge is -2.12. The third kappa shape index (κ3) is 3.52. The van der Waals surface area contributed by atoms with Gasteiger partial charge >= 0.3 is 5.97 Å². The summed E-state index contributed by atoms with van der Waals surface area (Å²) in [4.78, 5) is 11.2. The van der Waals surface area contributed by atoms with Crippen molar-refractivity contribution < 1.29 is 9.90 Å². The highest BCUT2D eigenvalue weighted by Crippen LogP contribution is 2.20. The lowest BCUT2D eigenvalue weighted by molar-refractivity contribution is 0.0698. The van der Waals surface area contributed by atoms with Crippen molar-refractivity contribution in [2.24, 2.45) is 0 Å². The van der Waals surface area contributed by atoms with E-state index in [0.717, 1.165) is 17.5 Å². The van der Waals surface area contributed by atoms with Gasteiger partial charge in [-0.1, -0.05) is 35.9 Å². The largest absolute Gasteiger partial charge is 0.478 e. The van der Waals surface area contributed by atoms with Crippen LogP contribution in [0.2, 0.25) is 5.02 Å². The number of halogens is 1. The zero-order valence-corrected chi connectivity index (χ0v) is 11.9. The number of rotatable bonds is 5. The van der Waals surface area contributed by atoms with Crippen molar-refractivity contribution in [3.8, 4) is 0 Å². The average molecular weight is 290 g/mol. The second-order valence-electron chi connectivity index (χ2n) is 4.61. The monoisotopic (exact) mass is 289 g/mol. The van der Waals surface area contributed by atoms with Gasteiger partial charge in [0.1, 0.15) is 0 Å². The minimum absolute atomic E-state index is 0.307. The van der Waals surface area contributed by atoms with Crippen molar-refractivity contribution in [1.82, 2.24) is 0 Å². The summed E-state index contributed by atoms with van der Waals surface area (Å²) in [7, 11) is 0. The molecule has 0 saturated carbocycles. The quantitative estimate of drug-likeness (QED) is 0.874. The molecule has 104 valence electrons. The first-order valence-corrected chi connectivity index (χ1v) is 6.77. The second kappa shape index (κ2) is 6.44. The average Bonchev–Trinajstić information content (AvgIpc) is 2.42. The van der Waals surface area contributed by atoms with Crippen LogP contribution in [0.25, 0.3) is 0 Å². The summed E-state index contributed by atoms with van der Waals surface area (Å²) in [5, 5.41) is 13.1. The Kier molecular flexibility index (Phi) is 4.64. The van der Waals surface area contributed by atoms with Crippen molar-refractivity contribution >= 4 is 23.3 Å². The van der Waals surface area contributed by atoms with Crippen LogP contribution in [0.3, 0.4) is 0 Å². The molecule has 0 aliphatic carbocycles. The first-order chi connectivity index (χ1) is 9.58. The van der Waals surface area contributed by atoms with E-state index in [1.54, 1.807) is 12.1 Å². The summed E-state index contributed by atoms with van der Waals surface area (Å²) in [6.45, 7) is 2.57. The van der Waals surface area contributed by atoms with Crippen molar-refractivity contribution in [1.29, 1.82) is 0 Å². The number of carbonyl (C=O) groups is 1. The molecule has 0 amide bonds. The summed E-state index contributed by atoms with van der Waals surface area (Å²) in [5.41, 5.74) is 3.09. The van der Waals surface area contributed by atoms with E-state index in [2.05, 4.69) is 5.32 Å². The Balaban J connectivity index is 2.04. The predicted molar refractivity (Wildman–Crippen MR) is 81.8 cm³/mol. The Morgan fingerprint density at radius 2 is 1.90 bits per heavy atom. The molecule has 2 N–H and O–H groups in total. The highest BCUT2D eigenvalue weighted by atomic mass is 35.5. The zero-order valence-electron chi connectivity index (χ0n) is 11.2. The van der Waals surface area contributed by atoms with E-state index in [1.807, 2.05) is 37.3 Å². The molecule has 0 spiro atoms. The number of carboxylic acid groups (broad SMARTS) is 1. The Morgan fingerprint density at radius 3 is 2.55 bits per heavy atom. The van der Waals surface area contributed by atoms with E-state index >= 15 is 0 Å². The van der Waals surface area contributed by atoms with E-state index in [4.69, 9.17) is 11.6 Å². The molecule has 2 aromatic rings. The Bertz CT molecular complexity index is 608. The predicted octanol–water partition coefficient (Wildman–Crippen LogP) is 4.00. The molecule has 0 atom stereocenters. The lowest BCUT2D eigenvalue weighted by atomic mass is 10.1. The molecular weight excluding hydrogens is 274 g/mol. The van der Waals surface area contributed by atoms with E-state index in [-0.39, 0.29) is 0 Å². The van der Waals surface area contributed by atoms with Gasteiger partial charge in [-0.15, -0.1) is 0 Å². The van der Waals surface area contributed by atoms with E-state index in [9.17, 15) is 9.90 Å². The molecule has 0 saturated heterocycles. The molecule has 3 nitrogen and oxygen atoms in total. The van der Waals surface area contributed by atoms with Gasteiger partial charge in [0.25, 0.3) is 0 Å². The van der Waals surface area contributed by atoms with Crippen LogP contribution < -0.4 is 5.32 Å². The summed E-state index contributed by atoms with van der Waals surface area (Å²) >= 11 is 5.84. The number of hydrogen-bond donors (Lipinski definition) is 2. The minimum atomic E-state index is -0.914. The summed E-state index contributed by atoms with van der Waals surface area (Å²) < 4.78 is 0. The first kappa shape index (κ1) is 14.4. The van der Waals surface area contributed by atoms with Gasteiger partial charge in [-0.3, -0.25) is 0 Å². The fraction of sp³-hybridized carbons (Fsp3) is 0.188. The third-order valence-corrected chi connectivity index (χ3v) is 3.38. The lowest BCUT2D eigenvalue weighted by Crippen LogP contribution is -2.10. The maximum atomic E-state index is 11.2. The van der Waals surface area contributed by atoms with Gasteiger partial charge in [0.2, 0.25) is 0 Å². The van der Waals surface area contributed by atoms with Crippen LogP contribution in [-0.2, 0) is 6.42 Å². The van der Waals surface area contributed by atoms with Crippen LogP contribution in [0.1, 0.15) is 21.5 Å². The molecule has 0 radical (unpaired) electrons. The van der Waals surface area contributed by atoms with Crippen molar-refractivity contribution in [3.05, 3.63) is 64.2 Å². The van der Waals surface area contributed by atoms with Crippen LogP contribution in [0.5, 0.6) is 0 Å². The van der Waals surface area contributed by atoms with Crippen molar-refractivity contribution in [2.75, 3.05) is 11.9 Å². The minimum Gasteiger partial charge on any atom is -0.478 e. The number of anilines is 1. The van der Waals surface area contributed by atoms with Crippen LogP contribution in [-0.4, -0.2) is 17.6 Å². The SMILES string of the molecule is Cc1cccc(C(=O)O)c1NCCc1ccc(Cl)cc1. The molecule has 20 heavy (non-hydrogen) atoms. The number of aryl methyl sites for hydroxylation is 1. The van der Waals surface area contributed by atoms with Gasteiger partial charge in [0.15, 0.2) is 0 Å². The molecule has 4 heteroatoms. The summed E-state index contributed by atoms with van der Waals surface area (Å²) in [6, 6.07) is 12.9. The molecule has 0 unspecified atom stereocenters. The smallest absolute Gasteiger partial charge is 0.337 e. The van der Waals surface area contributed by atoms with Gasteiger partial charge in [0.05, 0.1) is 11.3 Å². The molecule has 2 aromatic carbocycles.